The predicted molar refractivity (Wildman–Crippen MR) is 213 cm³/mol. The Morgan fingerprint density at radius 2 is 0.923 bits per heavy atom. The molecule has 3 heteroatoms. The number of anilines is 3. The van der Waals surface area contributed by atoms with Gasteiger partial charge >= 0.3 is 0 Å². The smallest absolute Gasteiger partial charge is 0.137 e. The monoisotopic (exact) mass is 665 g/mol. The molecule has 0 atom stereocenters. The van der Waals surface area contributed by atoms with Gasteiger partial charge in [-0.1, -0.05) is 133 Å². The van der Waals surface area contributed by atoms with Crippen molar-refractivity contribution < 1.29 is 8.83 Å². The van der Waals surface area contributed by atoms with E-state index in [0.717, 1.165) is 60.9 Å². The van der Waals surface area contributed by atoms with E-state index in [1.165, 1.54) is 33.4 Å². The minimum atomic E-state index is -0.530. The van der Waals surface area contributed by atoms with Gasteiger partial charge in [-0.15, -0.1) is 0 Å². The molecule has 0 N–H and O–H groups in total. The quantitative estimate of drug-likeness (QED) is 0.183. The summed E-state index contributed by atoms with van der Waals surface area (Å²) >= 11 is 0. The number of para-hydroxylation sites is 2. The Balaban J connectivity index is 1.18. The van der Waals surface area contributed by atoms with Crippen molar-refractivity contribution in [3.8, 4) is 11.1 Å². The Morgan fingerprint density at radius 3 is 1.69 bits per heavy atom. The second-order valence-corrected chi connectivity index (χ2v) is 13.6. The number of hydrogen-bond donors (Lipinski definition) is 0. The van der Waals surface area contributed by atoms with E-state index in [9.17, 15) is 0 Å². The molecular formula is C49H31NO2. The van der Waals surface area contributed by atoms with Crippen LogP contribution >= 0.6 is 0 Å². The summed E-state index contributed by atoms with van der Waals surface area (Å²) < 4.78 is 13.2. The number of nitrogens with zero attached hydrogens (tertiary/aromatic N) is 1. The van der Waals surface area contributed by atoms with Crippen molar-refractivity contribution in [1.82, 2.24) is 0 Å². The largest absolute Gasteiger partial charge is 0.456 e. The molecule has 3 nitrogen and oxygen atoms in total. The second kappa shape index (κ2) is 11.1. The molecule has 0 aliphatic heterocycles. The molecule has 0 unspecified atom stereocenters. The number of benzene rings is 8. The summed E-state index contributed by atoms with van der Waals surface area (Å²) in [6.45, 7) is 0. The van der Waals surface area contributed by atoms with Crippen molar-refractivity contribution in [1.29, 1.82) is 0 Å². The topological polar surface area (TPSA) is 29.5 Å². The normalized spacial score (nSPS) is 13.2. The molecule has 0 saturated carbocycles. The molecule has 0 saturated heterocycles. The van der Waals surface area contributed by atoms with Crippen molar-refractivity contribution >= 4 is 60.9 Å². The summed E-state index contributed by atoms with van der Waals surface area (Å²) in [7, 11) is 0. The van der Waals surface area contributed by atoms with E-state index < -0.39 is 5.41 Å². The molecule has 10 aromatic rings. The summed E-state index contributed by atoms with van der Waals surface area (Å²) in [6.07, 6.45) is 0. The molecule has 1 aliphatic rings. The first-order valence-electron chi connectivity index (χ1n) is 17.8. The van der Waals surface area contributed by atoms with E-state index in [4.69, 9.17) is 8.83 Å². The van der Waals surface area contributed by atoms with E-state index in [0.29, 0.717) is 0 Å². The fraction of sp³-hybridized carbons (Fsp3) is 0.0204. The van der Waals surface area contributed by atoms with Crippen LogP contribution in [0.2, 0.25) is 0 Å². The van der Waals surface area contributed by atoms with Gasteiger partial charge < -0.3 is 13.7 Å². The van der Waals surface area contributed by atoms with Crippen molar-refractivity contribution in [3.05, 3.63) is 210 Å². The highest BCUT2D eigenvalue weighted by molar-refractivity contribution is 6.14. The SMILES string of the molecule is c1ccc(N(c2ccc3c(c2)oc2cccc(C4(c5ccccc5)c5ccccc5-c5ccccc54)c23)c2cccc3oc4ccccc4c23)cc1. The highest BCUT2D eigenvalue weighted by Gasteiger charge is 2.47. The molecule has 2 aromatic heterocycles. The highest BCUT2D eigenvalue weighted by atomic mass is 16.3. The van der Waals surface area contributed by atoms with Crippen molar-refractivity contribution in [3.63, 3.8) is 0 Å². The molecule has 0 radical (unpaired) electrons. The van der Waals surface area contributed by atoms with Gasteiger partial charge in [-0.25, -0.2) is 0 Å². The number of rotatable bonds is 5. The zero-order valence-electron chi connectivity index (χ0n) is 28.2. The van der Waals surface area contributed by atoms with Gasteiger partial charge in [0.15, 0.2) is 0 Å². The lowest BCUT2D eigenvalue weighted by Gasteiger charge is -2.34. The van der Waals surface area contributed by atoms with Crippen LogP contribution in [0.1, 0.15) is 22.3 Å². The molecule has 0 fully saturated rings. The number of furan rings is 2. The first-order chi connectivity index (χ1) is 25.8. The molecule has 0 bridgehead atoms. The van der Waals surface area contributed by atoms with Crippen LogP contribution < -0.4 is 4.90 Å². The molecule has 8 aromatic carbocycles. The average molecular weight is 666 g/mol. The Bertz CT molecular complexity index is 2930. The zero-order chi connectivity index (χ0) is 34.2. The molecule has 1 aliphatic carbocycles. The maximum absolute atomic E-state index is 6.87. The first-order valence-corrected chi connectivity index (χ1v) is 17.8. The van der Waals surface area contributed by atoms with Crippen LogP contribution in [0.5, 0.6) is 0 Å². The Morgan fingerprint density at radius 1 is 0.365 bits per heavy atom. The maximum atomic E-state index is 6.87. The van der Waals surface area contributed by atoms with Gasteiger partial charge in [0.05, 0.1) is 16.5 Å². The lowest BCUT2D eigenvalue weighted by atomic mass is 9.66. The van der Waals surface area contributed by atoms with Crippen LogP contribution in [0, 0.1) is 0 Å². The summed E-state index contributed by atoms with van der Waals surface area (Å²) in [4.78, 5) is 2.31. The standard InChI is InChI=1S/C49H31NO2/c1-3-15-32(16-4-1)49(39-22-10-7-19-35(39)36-20-8-11-23-40(36)49)41-24-13-27-44-47(41)38-30-29-34(31-46(38)52-44)50(33-17-5-2-6-18-33)42-25-14-28-45-48(42)37-21-9-12-26-43(37)51-45/h1-31H. The van der Waals surface area contributed by atoms with Crippen molar-refractivity contribution in [2.75, 3.05) is 4.90 Å². The number of hydrogen-bond acceptors (Lipinski definition) is 3. The Hall–Kier alpha value is -6.84. The van der Waals surface area contributed by atoms with Gasteiger partial charge in [0.2, 0.25) is 0 Å². The van der Waals surface area contributed by atoms with Crippen LogP contribution in [-0.4, -0.2) is 0 Å². The average Bonchev–Trinajstić information content (AvgIpc) is 3.87. The fourth-order valence-electron chi connectivity index (χ4n) is 8.89. The Labute approximate surface area is 300 Å². The molecule has 244 valence electrons. The van der Waals surface area contributed by atoms with Crippen LogP contribution in [0.3, 0.4) is 0 Å². The van der Waals surface area contributed by atoms with Gasteiger partial charge in [0.25, 0.3) is 0 Å². The van der Waals surface area contributed by atoms with Crippen LogP contribution in [0.4, 0.5) is 17.1 Å². The van der Waals surface area contributed by atoms with Gasteiger partial charge in [0.1, 0.15) is 22.3 Å². The molecule has 11 rings (SSSR count). The molecule has 0 spiro atoms. The van der Waals surface area contributed by atoms with E-state index >= 15 is 0 Å². The minimum Gasteiger partial charge on any atom is -0.456 e. The van der Waals surface area contributed by atoms with E-state index in [1.54, 1.807) is 0 Å². The zero-order valence-corrected chi connectivity index (χ0v) is 28.2. The third kappa shape index (κ3) is 3.96. The summed E-state index contributed by atoms with van der Waals surface area (Å²) in [5, 5.41) is 4.39. The summed E-state index contributed by atoms with van der Waals surface area (Å²) in [6, 6.07) is 67.1. The maximum Gasteiger partial charge on any atom is 0.137 e. The fourth-order valence-corrected chi connectivity index (χ4v) is 8.89. The minimum absolute atomic E-state index is 0.530. The molecule has 52 heavy (non-hydrogen) atoms. The third-order valence-corrected chi connectivity index (χ3v) is 10.9. The molecule has 0 amide bonds. The second-order valence-electron chi connectivity index (χ2n) is 13.6. The van der Waals surface area contributed by atoms with Crippen LogP contribution in [0.25, 0.3) is 55.0 Å². The van der Waals surface area contributed by atoms with Crippen molar-refractivity contribution in [2.24, 2.45) is 0 Å². The van der Waals surface area contributed by atoms with Crippen LogP contribution in [0.15, 0.2) is 197 Å². The van der Waals surface area contributed by atoms with E-state index in [2.05, 4.69) is 175 Å². The third-order valence-electron chi connectivity index (χ3n) is 10.9. The lowest BCUT2D eigenvalue weighted by molar-refractivity contribution is 0.667. The van der Waals surface area contributed by atoms with Gasteiger partial charge in [-0.3, -0.25) is 0 Å². The lowest BCUT2D eigenvalue weighted by Crippen LogP contribution is -2.28. The molecular weight excluding hydrogens is 635 g/mol. The van der Waals surface area contributed by atoms with Gasteiger partial charge in [-0.2, -0.15) is 0 Å². The summed E-state index contributed by atoms with van der Waals surface area (Å²) in [5.41, 5.74) is 13.6. The van der Waals surface area contributed by atoms with Crippen LogP contribution in [-0.2, 0) is 5.41 Å². The summed E-state index contributed by atoms with van der Waals surface area (Å²) in [5.74, 6) is 0. The van der Waals surface area contributed by atoms with E-state index in [-0.39, 0.29) is 0 Å². The highest BCUT2D eigenvalue weighted by Crippen LogP contribution is 2.58. The van der Waals surface area contributed by atoms with E-state index in [1.807, 2.05) is 18.2 Å². The predicted octanol–water partition coefficient (Wildman–Crippen LogP) is 13.3. The van der Waals surface area contributed by atoms with Gasteiger partial charge in [-0.05, 0) is 81.9 Å². The molecule has 2 heterocycles. The van der Waals surface area contributed by atoms with Gasteiger partial charge in [0, 0.05) is 33.6 Å². The first kappa shape index (κ1) is 28.9. The number of fused-ring (bicyclic) bond motifs is 9. The van der Waals surface area contributed by atoms with Crippen molar-refractivity contribution in [2.45, 2.75) is 5.41 Å². The Kier molecular flexibility index (Phi) is 6.17.